The first-order chi connectivity index (χ1) is 11.1. The third kappa shape index (κ3) is 3.73. The standard InChI is InChI=1S/C15H18ClN5O2/c16-11-3-1-2-4-12(11)21-8-6-10(9-21)14(22)17-7-5-13-18-15(23)20-19-13/h1-4,10H,5-9H2,(H,17,22)(H2,18,19,20,23). The quantitative estimate of drug-likeness (QED) is 0.758. The number of aromatic amines is 2. The van der Waals surface area contributed by atoms with E-state index in [1.54, 1.807) is 0 Å². The second-order valence-corrected chi connectivity index (χ2v) is 5.96. The van der Waals surface area contributed by atoms with Gasteiger partial charge in [-0.3, -0.25) is 9.78 Å². The molecule has 7 nitrogen and oxygen atoms in total. The van der Waals surface area contributed by atoms with E-state index >= 15 is 0 Å². The van der Waals surface area contributed by atoms with Gasteiger partial charge in [-0.2, -0.15) is 5.10 Å². The van der Waals surface area contributed by atoms with E-state index in [1.807, 2.05) is 24.3 Å². The number of nitrogens with zero attached hydrogens (tertiary/aromatic N) is 2. The minimum absolute atomic E-state index is 0.0254. The molecule has 1 aliphatic heterocycles. The maximum absolute atomic E-state index is 12.2. The zero-order valence-corrected chi connectivity index (χ0v) is 13.3. The van der Waals surface area contributed by atoms with Crippen LogP contribution in [0, 0.1) is 5.92 Å². The van der Waals surface area contributed by atoms with E-state index in [9.17, 15) is 9.59 Å². The lowest BCUT2D eigenvalue weighted by atomic mass is 10.1. The molecule has 23 heavy (non-hydrogen) atoms. The molecule has 0 saturated carbocycles. The Bertz CT molecular complexity index is 741. The number of rotatable bonds is 5. The molecule has 1 amide bonds. The summed E-state index contributed by atoms with van der Waals surface area (Å²) < 4.78 is 0. The minimum atomic E-state index is -0.336. The average molecular weight is 336 g/mol. The number of aromatic nitrogens is 3. The van der Waals surface area contributed by atoms with Gasteiger partial charge in [0.25, 0.3) is 0 Å². The van der Waals surface area contributed by atoms with Crippen LogP contribution in [0.4, 0.5) is 5.69 Å². The smallest absolute Gasteiger partial charge is 0.340 e. The van der Waals surface area contributed by atoms with Crippen molar-refractivity contribution in [3.05, 3.63) is 45.6 Å². The molecule has 0 aliphatic carbocycles. The Hall–Kier alpha value is -2.28. The fourth-order valence-corrected chi connectivity index (χ4v) is 3.03. The summed E-state index contributed by atoms with van der Waals surface area (Å²) in [5, 5.41) is 9.70. The van der Waals surface area contributed by atoms with Crippen molar-refractivity contribution in [2.24, 2.45) is 5.92 Å². The van der Waals surface area contributed by atoms with Crippen molar-refractivity contribution in [3.8, 4) is 0 Å². The Morgan fingerprint density at radius 1 is 1.43 bits per heavy atom. The summed E-state index contributed by atoms with van der Waals surface area (Å²) in [6.07, 6.45) is 1.29. The highest BCUT2D eigenvalue weighted by Gasteiger charge is 2.29. The molecule has 1 aliphatic rings. The molecule has 1 aromatic carbocycles. The van der Waals surface area contributed by atoms with Crippen molar-refractivity contribution in [3.63, 3.8) is 0 Å². The number of carbonyl (C=O) groups excluding carboxylic acids is 1. The van der Waals surface area contributed by atoms with Crippen molar-refractivity contribution < 1.29 is 4.79 Å². The Kier molecular flexibility index (Phi) is 4.66. The summed E-state index contributed by atoms with van der Waals surface area (Å²) in [4.78, 5) is 27.8. The molecule has 0 radical (unpaired) electrons. The van der Waals surface area contributed by atoms with Gasteiger partial charge in [-0.25, -0.2) is 9.89 Å². The highest BCUT2D eigenvalue weighted by Crippen LogP contribution is 2.30. The van der Waals surface area contributed by atoms with Crippen LogP contribution in [-0.4, -0.2) is 40.7 Å². The van der Waals surface area contributed by atoms with Gasteiger partial charge in [0.2, 0.25) is 5.91 Å². The molecule has 0 spiro atoms. The number of halogens is 1. The van der Waals surface area contributed by atoms with Gasteiger partial charge in [-0.15, -0.1) is 0 Å². The number of hydrogen-bond donors (Lipinski definition) is 3. The lowest BCUT2D eigenvalue weighted by Gasteiger charge is -2.19. The summed E-state index contributed by atoms with van der Waals surface area (Å²) in [5.41, 5.74) is 0.635. The van der Waals surface area contributed by atoms with E-state index in [4.69, 9.17) is 11.6 Å². The molecule has 1 fully saturated rings. The molecular formula is C15H18ClN5O2. The molecule has 3 N–H and O–H groups in total. The summed E-state index contributed by atoms with van der Waals surface area (Å²) >= 11 is 6.20. The average Bonchev–Trinajstić information content (AvgIpc) is 3.17. The van der Waals surface area contributed by atoms with Crippen molar-refractivity contribution >= 4 is 23.2 Å². The molecule has 1 saturated heterocycles. The minimum Gasteiger partial charge on any atom is -0.370 e. The largest absolute Gasteiger partial charge is 0.370 e. The monoisotopic (exact) mass is 335 g/mol. The maximum atomic E-state index is 12.2. The van der Waals surface area contributed by atoms with Crippen LogP contribution < -0.4 is 15.9 Å². The molecule has 122 valence electrons. The number of amides is 1. The van der Waals surface area contributed by atoms with Crippen LogP contribution in [0.5, 0.6) is 0 Å². The fraction of sp³-hybridized carbons (Fsp3) is 0.400. The van der Waals surface area contributed by atoms with E-state index in [0.29, 0.717) is 30.4 Å². The lowest BCUT2D eigenvalue weighted by Crippen LogP contribution is -2.34. The zero-order chi connectivity index (χ0) is 16.2. The van der Waals surface area contributed by atoms with E-state index in [-0.39, 0.29) is 17.5 Å². The second-order valence-electron chi connectivity index (χ2n) is 5.55. The van der Waals surface area contributed by atoms with E-state index in [0.717, 1.165) is 18.7 Å². The first kappa shape index (κ1) is 15.6. The van der Waals surface area contributed by atoms with Gasteiger partial charge in [0.05, 0.1) is 16.6 Å². The fourth-order valence-electron chi connectivity index (χ4n) is 2.77. The number of carbonyl (C=O) groups is 1. The second kappa shape index (κ2) is 6.87. The van der Waals surface area contributed by atoms with Gasteiger partial charge in [-0.05, 0) is 18.6 Å². The molecule has 1 unspecified atom stereocenters. The molecule has 1 atom stereocenters. The third-order valence-electron chi connectivity index (χ3n) is 3.96. The molecular weight excluding hydrogens is 318 g/mol. The van der Waals surface area contributed by atoms with Crippen LogP contribution in [0.3, 0.4) is 0 Å². The van der Waals surface area contributed by atoms with Gasteiger partial charge in [0, 0.05) is 26.1 Å². The molecule has 8 heteroatoms. The summed E-state index contributed by atoms with van der Waals surface area (Å²) in [6.45, 7) is 1.92. The molecule has 0 bridgehead atoms. The maximum Gasteiger partial charge on any atom is 0.340 e. The van der Waals surface area contributed by atoms with E-state index in [2.05, 4.69) is 25.4 Å². The van der Waals surface area contributed by atoms with Crippen LogP contribution in [0.1, 0.15) is 12.2 Å². The Morgan fingerprint density at radius 2 is 2.26 bits per heavy atom. The number of para-hydroxylation sites is 1. The lowest BCUT2D eigenvalue weighted by molar-refractivity contribution is -0.124. The highest BCUT2D eigenvalue weighted by molar-refractivity contribution is 6.33. The first-order valence-electron chi connectivity index (χ1n) is 7.54. The zero-order valence-electron chi connectivity index (χ0n) is 12.5. The first-order valence-corrected chi connectivity index (χ1v) is 7.92. The number of H-pyrrole nitrogens is 2. The highest BCUT2D eigenvalue weighted by atomic mass is 35.5. The van der Waals surface area contributed by atoms with Crippen LogP contribution in [0.2, 0.25) is 5.02 Å². The van der Waals surface area contributed by atoms with E-state index < -0.39 is 0 Å². The Balaban J connectivity index is 1.49. The van der Waals surface area contributed by atoms with Crippen LogP contribution >= 0.6 is 11.6 Å². The predicted molar refractivity (Wildman–Crippen MR) is 87.7 cm³/mol. The summed E-state index contributed by atoms with van der Waals surface area (Å²) in [6, 6.07) is 7.66. The van der Waals surface area contributed by atoms with Gasteiger partial charge in [0.1, 0.15) is 5.82 Å². The normalized spacial score (nSPS) is 17.4. The van der Waals surface area contributed by atoms with Crippen molar-refractivity contribution in [2.75, 3.05) is 24.5 Å². The van der Waals surface area contributed by atoms with Crippen LogP contribution in [-0.2, 0) is 11.2 Å². The van der Waals surface area contributed by atoms with Gasteiger partial charge < -0.3 is 10.2 Å². The number of benzene rings is 1. The Morgan fingerprint density at radius 3 is 3.00 bits per heavy atom. The van der Waals surface area contributed by atoms with E-state index in [1.165, 1.54) is 0 Å². The molecule has 2 heterocycles. The third-order valence-corrected chi connectivity index (χ3v) is 4.28. The summed E-state index contributed by atoms with van der Waals surface area (Å²) in [5.74, 6) is 0.515. The summed E-state index contributed by atoms with van der Waals surface area (Å²) in [7, 11) is 0. The van der Waals surface area contributed by atoms with Crippen LogP contribution in [0.25, 0.3) is 0 Å². The predicted octanol–water partition coefficient (Wildman–Crippen LogP) is 0.937. The number of nitrogens with one attached hydrogen (secondary N) is 3. The van der Waals surface area contributed by atoms with Gasteiger partial charge in [0.15, 0.2) is 0 Å². The number of hydrogen-bond acceptors (Lipinski definition) is 4. The number of anilines is 1. The van der Waals surface area contributed by atoms with Crippen LogP contribution in [0.15, 0.2) is 29.1 Å². The topological polar surface area (TPSA) is 93.9 Å². The van der Waals surface area contributed by atoms with Crippen molar-refractivity contribution in [1.82, 2.24) is 20.5 Å². The van der Waals surface area contributed by atoms with Crippen molar-refractivity contribution in [1.29, 1.82) is 0 Å². The molecule has 1 aromatic heterocycles. The Labute approximate surface area is 138 Å². The molecule has 2 aromatic rings. The van der Waals surface area contributed by atoms with Crippen molar-refractivity contribution in [2.45, 2.75) is 12.8 Å². The van der Waals surface area contributed by atoms with Gasteiger partial charge in [-0.1, -0.05) is 23.7 Å². The molecule has 3 rings (SSSR count). The SMILES string of the molecule is O=C(NCCc1n[nH]c(=O)[nH]1)C1CCN(c2ccccc2Cl)C1. The van der Waals surface area contributed by atoms with Gasteiger partial charge >= 0.3 is 5.69 Å².